The summed E-state index contributed by atoms with van der Waals surface area (Å²) in [6, 6.07) is 13.8. The molecule has 1 N–H and O–H groups in total. The van der Waals surface area contributed by atoms with Crippen molar-refractivity contribution in [2.75, 3.05) is 0 Å². The maximum atomic E-state index is 12.2. The number of aromatic nitrogens is 2. The zero-order chi connectivity index (χ0) is 17.2. The number of rotatable bonds is 4. The molecule has 0 saturated carbocycles. The second-order valence-corrected chi connectivity index (χ2v) is 5.24. The van der Waals surface area contributed by atoms with Crippen LogP contribution in [0.25, 0.3) is 22.4 Å². The van der Waals surface area contributed by atoms with E-state index < -0.39 is 5.97 Å². The maximum Gasteiger partial charge on any atom is 0.342 e. The number of benzene rings is 2. The van der Waals surface area contributed by atoms with Gasteiger partial charge in [-0.05, 0) is 23.6 Å². The number of nitrogens with zero attached hydrogens (tertiary/aromatic N) is 2. The average molecular weight is 336 g/mol. The summed E-state index contributed by atoms with van der Waals surface area (Å²) < 4.78 is 15.7. The van der Waals surface area contributed by atoms with Crippen molar-refractivity contribution in [2.45, 2.75) is 6.61 Å². The van der Waals surface area contributed by atoms with Gasteiger partial charge in [0.25, 0.3) is 11.8 Å². The Morgan fingerprint density at radius 1 is 1.08 bits per heavy atom. The molecule has 7 nitrogen and oxygen atoms in total. The number of carbonyl (C=O) groups excluding carboxylic acids is 1. The van der Waals surface area contributed by atoms with Gasteiger partial charge in [-0.1, -0.05) is 30.3 Å². The van der Waals surface area contributed by atoms with E-state index in [-0.39, 0.29) is 29.7 Å². The third-order valence-electron chi connectivity index (χ3n) is 3.65. The van der Waals surface area contributed by atoms with Crippen molar-refractivity contribution in [3.63, 3.8) is 0 Å². The first-order chi connectivity index (χ1) is 12.2. The molecule has 0 bridgehead atoms. The molecule has 7 heteroatoms. The lowest BCUT2D eigenvalue weighted by Crippen LogP contribution is -2.06. The van der Waals surface area contributed by atoms with Gasteiger partial charge < -0.3 is 18.7 Å². The van der Waals surface area contributed by atoms with Gasteiger partial charge in [0.05, 0.1) is 6.26 Å². The predicted molar refractivity (Wildman–Crippen MR) is 86.7 cm³/mol. The van der Waals surface area contributed by atoms with Crippen molar-refractivity contribution in [2.24, 2.45) is 0 Å². The molecule has 0 spiro atoms. The number of phenolic OH excluding ortho intramolecular Hbond substituents is 1. The highest BCUT2D eigenvalue weighted by Crippen LogP contribution is 2.29. The van der Waals surface area contributed by atoms with E-state index in [0.717, 1.165) is 5.39 Å². The number of aromatic hydroxyl groups is 1. The molecule has 0 unspecified atom stereocenters. The summed E-state index contributed by atoms with van der Waals surface area (Å²) >= 11 is 0. The normalized spacial score (nSPS) is 10.9. The SMILES string of the molecule is O=C(OCc1nnc(-c2ccco2)o1)c1ccc2ccccc2c1O. The van der Waals surface area contributed by atoms with Crippen LogP contribution in [0.15, 0.2) is 63.6 Å². The molecule has 25 heavy (non-hydrogen) atoms. The molecule has 4 aromatic rings. The molecule has 0 atom stereocenters. The Morgan fingerprint density at radius 2 is 1.96 bits per heavy atom. The van der Waals surface area contributed by atoms with Crippen molar-refractivity contribution < 1.29 is 23.5 Å². The fourth-order valence-electron chi connectivity index (χ4n) is 2.44. The van der Waals surface area contributed by atoms with Crippen LogP contribution in [0.3, 0.4) is 0 Å². The number of hydrogen-bond acceptors (Lipinski definition) is 7. The number of phenols is 1. The Morgan fingerprint density at radius 3 is 2.80 bits per heavy atom. The monoisotopic (exact) mass is 336 g/mol. The molecule has 2 aromatic heterocycles. The molecule has 0 fully saturated rings. The quantitative estimate of drug-likeness (QED) is 0.569. The number of furan rings is 1. The molecule has 0 amide bonds. The molecule has 0 radical (unpaired) electrons. The summed E-state index contributed by atoms with van der Waals surface area (Å²) in [4.78, 5) is 12.2. The summed E-state index contributed by atoms with van der Waals surface area (Å²) in [6.45, 7) is -0.210. The summed E-state index contributed by atoms with van der Waals surface area (Å²) in [5.41, 5.74) is 0.0736. The number of ether oxygens (including phenoxy) is 1. The lowest BCUT2D eigenvalue weighted by atomic mass is 10.1. The summed E-state index contributed by atoms with van der Waals surface area (Å²) in [5, 5.41) is 19.3. The molecule has 2 heterocycles. The number of esters is 1. The minimum Gasteiger partial charge on any atom is -0.506 e. The van der Waals surface area contributed by atoms with E-state index in [4.69, 9.17) is 13.6 Å². The second kappa shape index (κ2) is 6.12. The van der Waals surface area contributed by atoms with E-state index in [1.54, 1.807) is 30.3 Å². The van der Waals surface area contributed by atoms with Gasteiger partial charge in [0, 0.05) is 5.39 Å². The molecule has 0 aliphatic rings. The Bertz CT molecular complexity index is 1040. The van der Waals surface area contributed by atoms with E-state index in [1.807, 2.05) is 12.1 Å². The van der Waals surface area contributed by atoms with Crippen molar-refractivity contribution in [1.29, 1.82) is 0 Å². The zero-order valence-electron chi connectivity index (χ0n) is 12.9. The smallest absolute Gasteiger partial charge is 0.342 e. The highest BCUT2D eigenvalue weighted by molar-refractivity contribution is 6.01. The third kappa shape index (κ3) is 2.83. The van der Waals surface area contributed by atoms with Crippen LogP contribution in [0, 0.1) is 0 Å². The number of hydrogen-bond donors (Lipinski definition) is 1. The first-order valence-electron chi connectivity index (χ1n) is 7.46. The fraction of sp³-hybridized carbons (Fsp3) is 0.0556. The van der Waals surface area contributed by atoms with Gasteiger partial charge in [-0.3, -0.25) is 0 Å². The zero-order valence-corrected chi connectivity index (χ0v) is 12.9. The van der Waals surface area contributed by atoms with Gasteiger partial charge in [-0.15, -0.1) is 10.2 Å². The van der Waals surface area contributed by atoms with E-state index in [0.29, 0.717) is 11.1 Å². The van der Waals surface area contributed by atoms with Crippen LogP contribution >= 0.6 is 0 Å². The number of carbonyl (C=O) groups is 1. The van der Waals surface area contributed by atoms with E-state index in [9.17, 15) is 9.90 Å². The van der Waals surface area contributed by atoms with Gasteiger partial charge in [0.15, 0.2) is 12.4 Å². The van der Waals surface area contributed by atoms with Crippen molar-refractivity contribution in [3.8, 4) is 17.4 Å². The maximum absolute atomic E-state index is 12.2. The fourth-order valence-corrected chi connectivity index (χ4v) is 2.44. The third-order valence-corrected chi connectivity index (χ3v) is 3.65. The van der Waals surface area contributed by atoms with E-state index in [1.165, 1.54) is 12.3 Å². The van der Waals surface area contributed by atoms with Crippen LogP contribution in [-0.4, -0.2) is 21.3 Å². The topological polar surface area (TPSA) is 98.6 Å². The number of fused-ring (bicyclic) bond motifs is 1. The molecular weight excluding hydrogens is 324 g/mol. The first-order valence-corrected chi connectivity index (χ1v) is 7.46. The summed E-state index contributed by atoms with van der Waals surface area (Å²) in [6.07, 6.45) is 1.49. The van der Waals surface area contributed by atoms with Gasteiger partial charge in [-0.2, -0.15) is 0 Å². The molecule has 4 rings (SSSR count). The molecule has 2 aromatic carbocycles. The van der Waals surface area contributed by atoms with E-state index in [2.05, 4.69) is 10.2 Å². The molecular formula is C18H12N2O5. The van der Waals surface area contributed by atoms with Crippen LogP contribution in [0.1, 0.15) is 16.2 Å². The van der Waals surface area contributed by atoms with Crippen molar-refractivity contribution in [1.82, 2.24) is 10.2 Å². The summed E-state index contributed by atoms with van der Waals surface area (Å²) in [7, 11) is 0. The molecule has 0 aliphatic carbocycles. The Labute approximate surface area is 141 Å². The van der Waals surface area contributed by atoms with Crippen LogP contribution < -0.4 is 0 Å². The average Bonchev–Trinajstić information content (AvgIpc) is 3.31. The standard InChI is InChI=1S/C18H12N2O5/c21-16-12-5-2-1-4-11(12)7-8-13(16)18(22)24-10-15-19-20-17(25-15)14-6-3-9-23-14/h1-9,21H,10H2. The Kier molecular flexibility index (Phi) is 3.66. The van der Waals surface area contributed by atoms with Crippen molar-refractivity contribution >= 4 is 16.7 Å². The van der Waals surface area contributed by atoms with Gasteiger partial charge in [0.2, 0.25) is 0 Å². The summed E-state index contributed by atoms with van der Waals surface area (Å²) in [5.74, 6) is -0.0483. The van der Waals surface area contributed by atoms with Gasteiger partial charge in [-0.25, -0.2) is 4.79 Å². The largest absolute Gasteiger partial charge is 0.506 e. The Balaban J connectivity index is 1.50. The molecule has 124 valence electrons. The van der Waals surface area contributed by atoms with Gasteiger partial charge in [0.1, 0.15) is 11.3 Å². The lowest BCUT2D eigenvalue weighted by molar-refractivity contribution is 0.0435. The van der Waals surface area contributed by atoms with Crippen LogP contribution in [-0.2, 0) is 11.3 Å². The highest BCUT2D eigenvalue weighted by atomic mass is 16.5. The van der Waals surface area contributed by atoms with Crippen LogP contribution in [0.5, 0.6) is 5.75 Å². The second-order valence-electron chi connectivity index (χ2n) is 5.24. The highest BCUT2D eigenvalue weighted by Gasteiger charge is 2.17. The van der Waals surface area contributed by atoms with Crippen LogP contribution in [0.4, 0.5) is 0 Å². The Hall–Kier alpha value is -3.61. The molecule has 0 aliphatic heterocycles. The molecule has 0 saturated heterocycles. The minimum atomic E-state index is -0.680. The van der Waals surface area contributed by atoms with Gasteiger partial charge >= 0.3 is 5.97 Å². The first kappa shape index (κ1) is 14.9. The minimum absolute atomic E-state index is 0.0736. The predicted octanol–water partition coefficient (Wildman–Crippen LogP) is 3.55. The van der Waals surface area contributed by atoms with Crippen LogP contribution in [0.2, 0.25) is 0 Å². The van der Waals surface area contributed by atoms with E-state index >= 15 is 0 Å². The lowest BCUT2D eigenvalue weighted by Gasteiger charge is -2.07. The van der Waals surface area contributed by atoms with Crippen molar-refractivity contribution in [3.05, 3.63) is 66.2 Å².